The normalized spacial score (nSPS) is 23.7. The Labute approximate surface area is 183 Å². The SMILES string of the molecule is Cc1ccc(CNC(=O)c2c3n4c(c(O)c2=O)C(=O)N2CCCC[C@@]4(C[C@@H]3O)C2)c(F)c1. The third-order valence-corrected chi connectivity index (χ3v) is 6.92. The Hall–Kier alpha value is -3.20. The summed E-state index contributed by atoms with van der Waals surface area (Å²) >= 11 is 0. The van der Waals surface area contributed by atoms with Gasteiger partial charge in [0.05, 0.1) is 17.3 Å². The van der Waals surface area contributed by atoms with Crippen molar-refractivity contribution < 1.29 is 24.2 Å². The number of benzene rings is 1. The van der Waals surface area contributed by atoms with Gasteiger partial charge in [-0.15, -0.1) is 0 Å². The van der Waals surface area contributed by atoms with E-state index in [9.17, 15) is 29.0 Å². The molecule has 3 aliphatic rings. The van der Waals surface area contributed by atoms with Crippen molar-refractivity contribution in [1.29, 1.82) is 0 Å². The average molecular weight is 441 g/mol. The predicted molar refractivity (Wildman–Crippen MR) is 112 cm³/mol. The van der Waals surface area contributed by atoms with Gasteiger partial charge in [0.25, 0.3) is 11.8 Å². The number of aryl methyl sites for hydroxylation is 1. The largest absolute Gasteiger partial charge is 0.503 e. The van der Waals surface area contributed by atoms with E-state index in [2.05, 4.69) is 5.32 Å². The smallest absolute Gasteiger partial charge is 0.274 e. The number of hydrogen-bond acceptors (Lipinski definition) is 5. The Bertz CT molecular complexity index is 1220. The summed E-state index contributed by atoms with van der Waals surface area (Å²) < 4.78 is 15.7. The fraction of sp³-hybridized carbons (Fsp3) is 0.435. The molecule has 32 heavy (non-hydrogen) atoms. The van der Waals surface area contributed by atoms with Crippen LogP contribution in [0.3, 0.4) is 0 Å². The fourth-order valence-electron chi connectivity index (χ4n) is 5.45. The lowest BCUT2D eigenvalue weighted by Gasteiger charge is -2.41. The topological polar surface area (TPSA) is 112 Å². The molecule has 5 rings (SSSR count). The summed E-state index contributed by atoms with van der Waals surface area (Å²) in [5.74, 6) is -2.56. The zero-order valence-corrected chi connectivity index (χ0v) is 17.7. The van der Waals surface area contributed by atoms with Crippen LogP contribution in [0.15, 0.2) is 23.0 Å². The number of aromatic hydroxyl groups is 1. The van der Waals surface area contributed by atoms with Crippen molar-refractivity contribution in [3.63, 3.8) is 0 Å². The van der Waals surface area contributed by atoms with Crippen LogP contribution in [0, 0.1) is 12.7 Å². The zero-order chi connectivity index (χ0) is 22.8. The second kappa shape index (κ2) is 7.16. The van der Waals surface area contributed by atoms with Crippen molar-refractivity contribution in [2.75, 3.05) is 13.1 Å². The van der Waals surface area contributed by atoms with Crippen molar-refractivity contribution in [3.8, 4) is 5.75 Å². The van der Waals surface area contributed by atoms with Gasteiger partial charge in [0, 0.05) is 31.6 Å². The van der Waals surface area contributed by atoms with Crippen LogP contribution in [0.25, 0.3) is 0 Å². The molecule has 1 fully saturated rings. The number of amides is 2. The highest BCUT2D eigenvalue weighted by molar-refractivity contribution is 6.00. The lowest BCUT2D eigenvalue weighted by molar-refractivity contribution is 0.0549. The third kappa shape index (κ3) is 2.87. The van der Waals surface area contributed by atoms with Gasteiger partial charge in [0.15, 0.2) is 11.4 Å². The molecule has 0 unspecified atom stereocenters. The summed E-state index contributed by atoms with van der Waals surface area (Å²) in [6.45, 7) is 2.46. The number of fused-ring (bicyclic) bond motifs is 1. The van der Waals surface area contributed by atoms with Gasteiger partial charge in [-0.1, -0.05) is 12.1 Å². The Morgan fingerprint density at radius 2 is 2.09 bits per heavy atom. The Kier molecular flexibility index (Phi) is 4.63. The zero-order valence-electron chi connectivity index (χ0n) is 17.7. The molecule has 9 heteroatoms. The molecule has 1 aromatic carbocycles. The molecule has 168 valence electrons. The van der Waals surface area contributed by atoms with Crippen molar-refractivity contribution in [2.24, 2.45) is 0 Å². The number of aliphatic hydroxyl groups is 1. The molecule has 2 atom stereocenters. The van der Waals surface area contributed by atoms with Gasteiger partial charge in [-0.25, -0.2) is 4.39 Å². The maximum atomic E-state index is 14.2. The number of aromatic nitrogens is 1. The molecule has 3 aliphatic heterocycles. The van der Waals surface area contributed by atoms with Gasteiger partial charge >= 0.3 is 0 Å². The van der Waals surface area contributed by atoms with E-state index in [0.29, 0.717) is 19.5 Å². The molecule has 2 aromatic rings. The molecule has 3 N–H and O–H groups in total. The molecule has 0 saturated carbocycles. The van der Waals surface area contributed by atoms with E-state index in [0.717, 1.165) is 18.4 Å². The molecular formula is C23H24FN3O5. The van der Waals surface area contributed by atoms with E-state index in [1.807, 2.05) is 0 Å². The molecule has 1 saturated heterocycles. The lowest BCUT2D eigenvalue weighted by Crippen LogP contribution is -2.52. The standard InChI is InChI=1S/C23H24FN3O5/c1-12-4-5-13(14(24)8-12)10-25-21(31)16-17-15(28)9-23-6-2-3-7-26(11-23)22(32)18(27(17)23)20(30)19(16)29/h4-5,8,15,28,30H,2-3,6-7,9-11H2,1H3,(H,25,31)/t15-,23+/m0/s1. The summed E-state index contributed by atoms with van der Waals surface area (Å²) in [7, 11) is 0. The first-order chi connectivity index (χ1) is 15.2. The second-order valence-electron chi connectivity index (χ2n) is 9.03. The van der Waals surface area contributed by atoms with Gasteiger partial charge < -0.3 is 25.0 Å². The number of nitrogens with zero attached hydrogens (tertiary/aromatic N) is 2. The number of aliphatic hydroxyl groups excluding tert-OH is 1. The van der Waals surface area contributed by atoms with Crippen LogP contribution in [0.5, 0.6) is 5.75 Å². The van der Waals surface area contributed by atoms with Crippen LogP contribution in [0.4, 0.5) is 4.39 Å². The van der Waals surface area contributed by atoms with E-state index >= 15 is 0 Å². The van der Waals surface area contributed by atoms with Crippen molar-refractivity contribution >= 4 is 11.8 Å². The third-order valence-electron chi connectivity index (χ3n) is 6.92. The Morgan fingerprint density at radius 1 is 1.31 bits per heavy atom. The molecular weight excluding hydrogens is 417 g/mol. The first kappa shape index (κ1) is 20.7. The first-order valence-electron chi connectivity index (χ1n) is 10.8. The molecule has 2 bridgehead atoms. The summed E-state index contributed by atoms with van der Waals surface area (Å²) in [6.07, 6.45) is 1.38. The number of pyridine rings is 1. The summed E-state index contributed by atoms with van der Waals surface area (Å²) in [6, 6.07) is 4.60. The molecule has 2 amide bonds. The molecule has 1 spiro atoms. The minimum absolute atomic E-state index is 0.0552. The van der Waals surface area contributed by atoms with Crippen molar-refractivity contribution in [1.82, 2.24) is 14.8 Å². The van der Waals surface area contributed by atoms with Gasteiger partial charge in [-0.3, -0.25) is 14.4 Å². The Morgan fingerprint density at radius 3 is 2.84 bits per heavy atom. The van der Waals surface area contributed by atoms with Crippen LogP contribution in [-0.2, 0) is 12.1 Å². The minimum Gasteiger partial charge on any atom is -0.503 e. The summed E-state index contributed by atoms with van der Waals surface area (Å²) in [5.41, 5.74) is -1.19. The number of hydrogen-bond donors (Lipinski definition) is 3. The second-order valence-corrected chi connectivity index (χ2v) is 9.03. The van der Waals surface area contributed by atoms with E-state index in [1.165, 1.54) is 6.07 Å². The van der Waals surface area contributed by atoms with E-state index < -0.39 is 46.0 Å². The highest BCUT2D eigenvalue weighted by atomic mass is 19.1. The Balaban J connectivity index is 1.60. The van der Waals surface area contributed by atoms with Gasteiger partial charge in [-0.2, -0.15) is 0 Å². The molecule has 0 aliphatic carbocycles. The summed E-state index contributed by atoms with van der Waals surface area (Å²) in [5, 5.41) is 24.1. The maximum absolute atomic E-state index is 14.2. The maximum Gasteiger partial charge on any atom is 0.274 e. The highest BCUT2D eigenvalue weighted by Gasteiger charge is 2.53. The highest BCUT2D eigenvalue weighted by Crippen LogP contribution is 2.49. The van der Waals surface area contributed by atoms with Crippen LogP contribution in [0.2, 0.25) is 0 Å². The van der Waals surface area contributed by atoms with Gasteiger partial charge in [0.1, 0.15) is 11.4 Å². The number of carbonyl (C=O) groups is 2. The quantitative estimate of drug-likeness (QED) is 0.671. The van der Waals surface area contributed by atoms with Gasteiger partial charge in [-0.05, 0) is 37.8 Å². The predicted octanol–water partition coefficient (Wildman–Crippen LogP) is 1.70. The van der Waals surface area contributed by atoms with Crippen molar-refractivity contribution in [2.45, 2.75) is 50.8 Å². The first-order valence-corrected chi connectivity index (χ1v) is 10.8. The monoisotopic (exact) mass is 441 g/mol. The van der Waals surface area contributed by atoms with E-state index in [1.54, 1.807) is 28.5 Å². The van der Waals surface area contributed by atoms with Crippen LogP contribution in [-0.4, -0.2) is 44.6 Å². The lowest BCUT2D eigenvalue weighted by atomic mass is 9.88. The van der Waals surface area contributed by atoms with Crippen LogP contribution in [0.1, 0.15) is 69.5 Å². The summed E-state index contributed by atoms with van der Waals surface area (Å²) in [4.78, 5) is 40.7. The van der Waals surface area contributed by atoms with Crippen LogP contribution < -0.4 is 10.7 Å². The average Bonchev–Trinajstić information content (AvgIpc) is 2.90. The number of halogens is 1. The molecule has 1 aromatic heterocycles. The molecule has 0 radical (unpaired) electrons. The number of nitrogens with one attached hydrogen (secondary N) is 1. The van der Waals surface area contributed by atoms with Crippen molar-refractivity contribution in [3.05, 3.63) is 62.3 Å². The molecule has 8 nitrogen and oxygen atoms in total. The number of rotatable bonds is 3. The van der Waals surface area contributed by atoms with Crippen LogP contribution >= 0.6 is 0 Å². The fourth-order valence-corrected chi connectivity index (χ4v) is 5.45. The molecule has 4 heterocycles. The van der Waals surface area contributed by atoms with E-state index in [-0.39, 0.29) is 29.9 Å². The van der Waals surface area contributed by atoms with E-state index in [4.69, 9.17) is 0 Å². The van der Waals surface area contributed by atoms with Gasteiger partial charge in [0.2, 0.25) is 5.43 Å². The minimum atomic E-state index is -1.13. The number of carbonyl (C=O) groups excluding carboxylic acids is 2.